The fourth-order valence-electron chi connectivity index (χ4n) is 3.19. The van der Waals surface area contributed by atoms with Gasteiger partial charge in [0.05, 0.1) is 24.2 Å². The standard InChI is InChI=1S/C17H23N5O4S2/c1-11(2)19-15(23)9-18-17(24)12-5-4-8-22(10-12)28(25,26)14-7-3-6-13-16(14)21-27-20-13/h3,6-7,11-12H,4-5,8-10H2,1-2H3,(H,18,24)(H,19,23)/t12-/m0/s1. The van der Waals surface area contributed by atoms with E-state index >= 15 is 0 Å². The maximum Gasteiger partial charge on any atom is 0.245 e. The summed E-state index contributed by atoms with van der Waals surface area (Å²) in [6.07, 6.45) is 1.15. The van der Waals surface area contributed by atoms with Gasteiger partial charge in [-0.2, -0.15) is 13.1 Å². The molecule has 3 rings (SSSR count). The predicted octanol–water partition coefficient (Wildman–Crippen LogP) is 0.733. The van der Waals surface area contributed by atoms with E-state index in [-0.39, 0.29) is 35.8 Å². The summed E-state index contributed by atoms with van der Waals surface area (Å²) < 4.78 is 35.8. The molecule has 0 unspecified atom stereocenters. The Bertz CT molecular complexity index is 973. The van der Waals surface area contributed by atoms with E-state index in [2.05, 4.69) is 19.4 Å². The molecule has 1 atom stereocenters. The summed E-state index contributed by atoms with van der Waals surface area (Å²) in [5, 5.41) is 5.30. The third-order valence-corrected chi connectivity index (χ3v) is 6.93. The van der Waals surface area contributed by atoms with Gasteiger partial charge in [-0.15, -0.1) is 0 Å². The third-order valence-electron chi connectivity index (χ3n) is 4.49. The molecule has 0 radical (unpaired) electrons. The van der Waals surface area contributed by atoms with Gasteiger partial charge in [-0.1, -0.05) is 6.07 Å². The molecule has 28 heavy (non-hydrogen) atoms. The topological polar surface area (TPSA) is 121 Å². The molecular formula is C17H23N5O4S2. The van der Waals surface area contributed by atoms with Gasteiger partial charge in [-0.05, 0) is 38.8 Å². The number of nitrogens with zero attached hydrogens (tertiary/aromatic N) is 3. The molecule has 0 spiro atoms. The molecule has 152 valence electrons. The van der Waals surface area contributed by atoms with Crippen molar-refractivity contribution in [2.75, 3.05) is 19.6 Å². The van der Waals surface area contributed by atoms with Crippen molar-refractivity contribution < 1.29 is 18.0 Å². The Hall–Kier alpha value is -2.11. The van der Waals surface area contributed by atoms with Crippen LogP contribution in [-0.4, -0.2) is 59.0 Å². The molecule has 2 heterocycles. The maximum atomic E-state index is 13.1. The SMILES string of the molecule is CC(C)NC(=O)CNC(=O)[C@H]1CCCN(S(=O)(=O)c2cccc3nsnc23)C1. The molecule has 1 saturated heterocycles. The zero-order valence-electron chi connectivity index (χ0n) is 15.7. The van der Waals surface area contributed by atoms with Crippen molar-refractivity contribution in [1.82, 2.24) is 23.7 Å². The summed E-state index contributed by atoms with van der Waals surface area (Å²) >= 11 is 0.964. The number of carbonyl (C=O) groups is 2. The van der Waals surface area contributed by atoms with E-state index in [1.807, 2.05) is 13.8 Å². The molecule has 0 aliphatic carbocycles. The van der Waals surface area contributed by atoms with Crippen LogP contribution in [0.2, 0.25) is 0 Å². The van der Waals surface area contributed by atoms with E-state index in [9.17, 15) is 18.0 Å². The number of aromatic nitrogens is 2. The van der Waals surface area contributed by atoms with Crippen LogP contribution in [0.25, 0.3) is 11.0 Å². The van der Waals surface area contributed by atoms with Crippen molar-refractivity contribution in [2.45, 2.75) is 37.6 Å². The van der Waals surface area contributed by atoms with Crippen LogP contribution in [0.15, 0.2) is 23.1 Å². The molecule has 1 aromatic heterocycles. The van der Waals surface area contributed by atoms with Crippen molar-refractivity contribution in [3.63, 3.8) is 0 Å². The Morgan fingerprint density at radius 3 is 2.86 bits per heavy atom. The Morgan fingerprint density at radius 2 is 2.11 bits per heavy atom. The van der Waals surface area contributed by atoms with Gasteiger partial charge in [0.2, 0.25) is 21.8 Å². The number of piperidine rings is 1. The Labute approximate surface area is 167 Å². The third kappa shape index (κ3) is 4.47. The minimum absolute atomic E-state index is 0.0115. The first kappa shape index (κ1) is 20.6. The van der Waals surface area contributed by atoms with Crippen molar-refractivity contribution in [3.05, 3.63) is 18.2 Å². The van der Waals surface area contributed by atoms with Crippen LogP contribution in [0.5, 0.6) is 0 Å². The first-order valence-corrected chi connectivity index (χ1v) is 11.2. The van der Waals surface area contributed by atoms with Gasteiger partial charge in [-0.3, -0.25) is 9.59 Å². The minimum atomic E-state index is -3.79. The number of nitrogens with one attached hydrogen (secondary N) is 2. The van der Waals surface area contributed by atoms with E-state index in [0.717, 1.165) is 11.7 Å². The largest absolute Gasteiger partial charge is 0.352 e. The van der Waals surface area contributed by atoms with Gasteiger partial charge in [0.25, 0.3) is 0 Å². The zero-order valence-corrected chi connectivity index (χ0v) is 17.3. The van der Waals surface area contributed by atoms with Crippen molar-refractivity contribution in [1.29, 1.82) is 0 Å². The number of carbonyl (C=O) groups excluding carboxylic acids is 2. The van der Waals surface area contributed by atoms with Crippen LogP contribution in [0.1, 0.15) is 26.7 Å². The number of benzene rings is 1. The van der Waals surface area contributed by atoms with Gasteiger partial charge in [0.15, 0.2) is 0 Å². The van der Waals surface area contributed by atoms with E-state index in [1.54, 1.807) is 12.1 Å². The molecule has 2 amide bonds. The molecule has 9 nitrogen and oxygen atoms in total. The molecule has 1 aromatic carbocycles. The molecule has 0 saturated carbocycles. The highest BCUT2D eigenvalue weighted by atomic mass is 32.2. The van der Waals surface area contributed by atoms with Gasteiger partial charge in [-0.25, -0.2) is 8.42 Å². The number of amides is 2. The second kappa shape index (κ2) is 8.50. The van der Waals surface area contributed by atoms with E-state index < -0.39 is 15.9 Å². The number of rotatable bonds is 6. The van der Waals surface area contributed by atoms with Crippen LogP contribution in [0, 0.1) is 5.92 Å². The summed E-state index contributed by atoms with van der Waals surface area (Å²) in [4.78, 5) is 24.2. The summed E-state index contributed by atoms with van der Waals surface area (Å²) in [6, 6.07) is 4.85. The Morgan fingerprint density at radius 1 is 1.32 bits per heavy atom. The smallest absolute Gasteiger partial charge is 0.245 e. The normalized spacial score (nSPS) is 18.3. The van der Waals surface area contributed by atoms with Crippen molar-refractivity contribution >= 4 is 44.6 Å². The highest BCUT2D eigenvalue weighted by Crippen LogP contribution is 2.28. The first-order chi connectivity index (χ1) is 13.3. The first-order valence-electron chi connectivity index (χ1n) is 9.07. The zero-order chi connectivity index (χ0) is 20.3. The second-order valence-corrected chi connectivity index (χ2v) is 9.47. The quantitative estimate of drug-likeness (QED) is 0.704. The molecule has 0 bridgehead atoms. The van der Waals surface area contributed by atoms with Crippen LogP contribution in [0.3, 0.4) is 0 Å². The van der Waals surface area contributed by atoms with E-state index in [0.29, 0.717) is 30.4 Å². The Balaban J connectivity index is 1.69. The lowest BCUT2D eigenvalue weighted by Gasteiger charge is -2.31. The molecule has 11 heteroatoms. The summed E-state index contributed by atoms with van der Waals surface area (Å²) in [5.41, 5.74) is 0.887. The lowest BCUT2D eigenvalue weighted by atomic mass is 9.99. The average molecular weight is 426 g/mol. The minimum Gasteiger partial charge on any atom is -0.352 e. The van der Waals surface area contributed by atoms with Crippen LogP contribution < -0.4 is 10.6 Å². The van der Waals surface area contributed by atoms with Gasteiger partial charge in [0, 0.05) is 19.1 Å². The van der Waals surface area contributed by atoms with Gasteiger partial charge >= 0.3 is 0 Å². The number of sulfonamides is 1. The van der Waals surface area contributed by atoms with Crippen LogP contribution >= 0.6 is 11.7 Å². The predicted molar refractivity (Wildman–Crippen MR) is 105 cm³/mol. The Kier molecular flexibility index (Phi) is 6.26. The highest BCUT2D eigenvalue weighted by Gasteiger charge is 2.34. The summed E-state index contributed by atoms with van der Waals surface area (Å²) in [7, 11) is -3.79. The molecule has 1 fully saturated rings. The van der Waals surface area contributed by atoms with Gasteiger partial charge < -0.3 is 10.6 Å². The van der Waals surface area contributed by atoms with E-state index in [1.165, 1.54) is 10.4 Å². The summed E-state index contributed by atoms with van der Waals surface area (Å²) in [6.45, 7) is 3.97. The lowest BCUT2D eigenvalue weighted by molar-refractivity contribution is -0.129. The van der Waals surface area contributed by atoms with Crippen LogP contribution in [0.4, 0.5) is 0 Å². The molecule has 2 aromatic rings. The van der Waals surface area contributed by atoms with E-state index in [4.69, 9.17) is 0 Å². The number of hydrogen-bond donors (Lipinski definition) is 2. The van der Waals surface area contributed by atoms with Gasteiger partial charge in [0.1, 0.15) is 15.9 Å². The monoisotopic (exact) mass is 425 g/mol. The lowest BCUT2D eigenvalue weighted by Crippen LogP contribution is -2.47. The fourth-order valence-corrected chi connectivity index (χ4v) is 5.46. The molecule has 2 N–H and O–H groups in total. The fraction of sp³-hybridized carbons (Fsp3) is 0.529. The number of hydrogen-bond acceptors (Lipinski definition) is 7. The molecule has 1 aliphatic rings. The molecular weight excluding hydrogens is 402 g/mol. The van der Waals surface area contributed by atoms with Crippen molar-refractivity contribution in [3.8, 4) is 0 Å². The highest BCUT2D eigenvalue weighted by molar-refractivity contribution is 7.89. The molecule has 1 aliphatic heterocycles. The second-order valence-electron chi connectivity index (χ2n) is 7.03. The average Bonchev–Trinajstić information content (AvgIpc) is 3.14. The maximum absolute atomic E-state index is 13.1. The summed E-state index contributed by atoms with van der Waals surface area (Å²) in [5.74, 6) is -1.08. The number of fused-ring (bicyclic) bond motifs is 1. The van der Waals surface area contributed by atoms with Crippen LogP contribution in [-0.2, 0) is 19.6 Å². The van der Waals surface area contributed by atoms with Crippen molar-refractivity contribution in [2.24, 2.45) is 5.92 Å².